The summed E-state index contributed by atoms with van der Waals surface area (Å²) in [7, 11) is -3.13. The minimum absolute atomic E-state index is 0.0402. The quantitative estimate of drug-likeness (QED) is 0.860. The average Bonchev–Trinajstić information content (AvgIpc) is 3.20. The van der Waals surface area contributed by atoms with Gasteiger partial charge in [0.2, 0.25) is 5.91 Å². The van der Waals surface area contributed by atoms with Crippen LogP contribution in [-0.4, -0.2) is 38.0 Å². The van der Waals surface area contributed by atoms with Crippen LogP contribution in [0.5, 0.6) is 5.75 Å². The molecule has 0 saturated heterocycles. The van der Waals surface area contributed by atoms with Gasteiger partial charge in [0.1, 0.15) is 11.9 Å². The first-order valence-electron chi connectivity index (χ1n) is 8.27. The number of sulfone groups is 1. The van der Waals surface area contributed by atoms with Crippen molar-refractivity contribution < 1.29 is 17.9 Å². The number of fused-ring (bicyclic) bond motifs is 1. The lowest BCUT2D eigenvalue weighted by molar-refractivity contribution is -0.121. The normalized spacial score (nSPS) is 21.0. The summed E-state index contributed by atoms with van der Waals surface area (Å²) >= 11 is 0. The second kappa shape index (κ2) is 6.91. The zero-order valence-corrected chi connectivity index (χ0v) is 14.0. The van der Waals surface area contributed by atoms with Gasteiger partial charge in [-0.3, -0.25) is 4.79 Å². The maximum Gasteiger partial charge on any atom is 0.221 e. The number of rotatable bonds is 6. The van der Waals surface area contributed by atoms with Crippen molar-refractivity contribution in [3.05, 3.63) is 29.8 Å². The molecule has 1 N–H and O–H groups in total. The SMILES string of the molecule is O=C(CCS(=O)(=O)C1CCCC1)NC[C@@H]1Cc2ccccc2O1. The Morgan fingerprint density at radius 1 is 1.22 bits per heavy atom. The largest absolute Gasteiger partial charge is 0.488 e. The molecule has 1 saturated carbocycles. The Morgan fingerprint density at radius 2 is 1.96 bits per heavy atom. The van der Waals surface area contributed by atoms with Crippen LogP contribution >= 0.6 is 0 Å². The summed E-state index contributed by atoms with van der Waals surface area (Å²) in [6, 6.07) is 7.83. The average molecular weight is 337 g/mol. The van der Waals surface area contributed by atoms with Crippen molar-refractivity contribution in [3.8, 4) is 5.75 Å². The Labute approximate surface area is 137 Å². The van der Waals surface area contributed by atoms with Gasteiger partial charge in [0.15, 0.2) is 9.84 Å². The highest BCUT2D eigenvalue weighted by atomic mass is 32.2. The molecular weight excluding hydrogens is 314 g/mol. The van der Waals surface area contributed by atoms with Crippen molar-refractivity contribution >= 4 is 15.7 Å². The third-order valence-electron chi connectivity index (χ3n) is 4.66. The van der Waals surface area contributed by atoms with Crippen LogP contribution < -0.4 is 10.1 Å². The topological polar surface area (TPSA) is 72.5 Å². The molecule has 1 aromatic rings. The molecule has 1 aromatic carbocycles. The summed E-state index contributed by atoms with van der Waals surface area (Å²) in [5.74, 6) is 0.608. The minimum atomic E-state index is -3.13. The van der Waals surface area contributed by atoms with Crippen molar-refractivity contribution in [1.82, 2.24) is 5.32 Å². The van der Waals surface area contributed by atoms with E-state index in [0.717, 1.165) is 43.4 Å². The van der Waals surface area contributed by atoms with E-state index in [2.05, 4.69) is 5.32 Å². The fourth-order valence-electron chi connectivity index (χ4n) is 3.33. The molecule has 0 unspecified atom stereocenters. The predicted molar refractivity (Wildman–Crippen MR) is 88.2 cm³/mol. The molecule has 1 aliphatic heterocycles. The number of nitrogens with one attached hydrogen (secondary N) is 1. The Hall–Kier alpha value is -1.56. The van der Waals surface area contributed by atoms with Crippen molar-refractivity contribution in [2.75, 3.05) is 12.3 Å². The summed E-state index contributed by atoms with van der Waals surface area (Å²) in [6.45, 7) is 0.414. The third-order valence-corrected chi connectivity index (χ3v) is 6.92. The van der Waals surface area contributed by atoms with Gasteiger partial charge in [-0.2, -0.15) is 0 Å². The van der Waals surface area contributed by atoms with Crippen LogP contribution in [0.3, 0.4) is 0 Å². The number of hydrogen-bond donors (Lipinski definition) is 1. The molecule has 5 nitrogen and oxygen atoms in total. The number of carbonyl (C=O) groups excluding carboxylic acids is 1. The minimum Gasteiger partial charge on any atom is -0.488 e. The van der Waals surface area contributed by atoms with Crippen LogP contribution in [0.2, 0.25) is 0 Å². The maximum atomic E-state index is 12.1. The summed E-state index contributed by atoms with van der Waals surface area (Å²) in [6.07, 6.45) is 4.21. The molecule has 0 bridgehead atoms. The van der Waals surface area contributed by atoms with E-state index in [-0.39, 0.29) is 29.4 Å². The van der Waals surface area contributed by atoms with Gasteiger partial charge < -0.3 is 10.1 Å². The molecule has 6 heteroatoms. The lowest BCUT2D eigenvalue weighted by Crippen LogP contribution is -2.35. The smallest absolute Gasteiger partial charge is 0.221 e. The second-order valence-corrected chi connectivity index (χ2v) is 8.78. The first kappa shape index (κ1) is 16.3. The lowest BCUT2D eigenvalue weighted by atomic mass is 10.1. The van der Waals surface area contributed by atoms with Crippen LogP contribution in [0.1, 0.15) is 37.7 Å². The van der Waals surface area contributed by atoms with E-state index < -0.39 is 9.84 Å². The molecule has 1 aliphatic carbocycles. The molecule has 1 atom stereocenters. The van der Waals surface area contributed by atoms with Crippen LogP contribution in [-0.2, 0) is 21.1 Å². The van der Waals surface area contributed by atoms with Gasteiger partial charge in [-0.1, -0.05) is 31.0 Å². The van der Waals surface area contributed by atoms with Crippen molar-refractivity contribution in [2.24, 2.45) is 0 Å². The van der Waals surface area contributed by atoms with E-state index in [1.165, 1.54) is 0 Å². The molecule has 23 heavy (non-hydrogen) atoms. The van der Waals surface area contributed by atoms with E-state index >= 15 is 0 Å². The molecule has 1 amide bonds. The van der Waals surface area contributed by atoms with Crippen LogP contribution in [0, 0.1) is 0 Å². The van der Waals surface area contributed by atoms with E-state index in [4.69, 9.17) is 4.74 Å². The monoisotopic (exact) mass is 337 g/mol. The van der Waals surface area contributed by atoms with Crippen LogP contribution in [0.25, 0.3) is 0 Å². The van der Waals surface area contributed by atoms with Gasteiger partial charge in [0, 0.05) is 12.8 Å². The van der Waals surface area contributed by atoms with E-state index in [1.807, 2.05) is 24.3 Å². The molecular formula is C17H23NO4S. The molecule has 1 fully saturated rings. The van der Waals surface area contributed by atoms with Gasteiger partial charge in [-0.05, 0) is 24.5 Å². The fraction of sp³-hybridized carbons (Fsp3) is 0.588. The van der Waals surface area contributed by atoms with Crippen molar-refractivity contribution in [3.63, 3.8) is 0 Å². The van der Waals surface area contributed by atoms with Gasteiger partial charge in [0.05, 0.1) is 17.5 Å². The van der Waals surface area contributed by atoms with Gasteiger partial charge in [-0.25, -0.2) is 8.42 Å². The number of carbonyl (C=O) groups is 1. The predicted octanol–water partition coefficient (Wildman–Crippen LogP) is 1.85. The van der Waals surface area contributed by atoms with Crippen LogP contribution in [0.15, 0.2) is 24.3 Å². The Kier molecular flexibility index (Phi) is 4.90. The summed E-state index contributed by atoms with van der Waals surface area (Å²) < 4.78 is 30.0. The second-order valence-electron chi connectivity index (χ2n) is 6.38. The van der Waals surface area contributed by atoms with Crippen molar-refractivity contribution in [1.29, 1.82) is 0 Å². The maximum absolute atomic E-state index is 12.1. The zero-order chi connectivity index (χ0) is 16.3. The van der Waals surface area contributed by atoms with Gasteiger partial charge in [-0.15, -0.1) is 0 Å². The lowest BCUT2D eigenvalue weighted by Gasteiger charge is -2.13. The van der Waals surface area contributed by atoms with E-state index in [9.17, 15) is 13.2 Å². The Balaban J connectivity index is 1.41. The number of benzene rings is 1. The zero-order valence-electron chi connectivity index (χ0n) is 13.2. The van der Waals surface area contributed by atoms with Crippen molar-refractivity contribution in [2.45, 2.75) is 49.9 Å². The summed E-state index contributed by atoms with van der Waals surface area (Å²) in [4.78, 5) is 11.9. The molecule has 126 valence electrons. The summed E-state index contributed by atoms with van der Waals surface area (Å²) in [5.41, 5.74) is 1.15. The molecule has 1 heterocycles. The highest BCUT2D eigenvalue weighted by Gasteiger charge is 2.29. The number of hydrogen-bond acceptors (Lipinski definition) is 4. The Morgan fingerprint density at radius 3 is 2.70 bits per heavy atom. The molecule has 0 spiro atoms. The van der Waals surface area contributed by atoms with E-state index in [1.54, 1.807) is 0 Å². The number of ether oxygens (including phenoxy) is 1. The van der Waals surface area contributed by atoms with Gasteiger partial charge in [0.25, 0.3) is 0 Å². The van der Waals surface area contributed by atoms with Gasteiger partial charge >= 0.3 is 0 Å². The third kappa shape index (κ3) is 4.05. The highest BCUT2D eigenvalue weighted by molar-refractivity contribution is 7.92. The first-order valence-corrected chi connectivity index (χ1v) is 9.99. The standard InChI is InChI=1S/C17H23NO4S/c19-17(9-10-23(20,21)15-6-2-3-7-15)18-12-14-11-13-5-1-4-8-16(13)22-14/h1,4-5,8,14-15H,2-3,6-7,9-12H2,(H,18,19)/t14-/m0/s1. The summed E-state index contributed by atoms with van der Waals surface area (Å²) in [5, 5.41) is 2.56. The molecule has 2 aliphatic rings. The highest BCUT2D eigenvalue weighted by Crippen LogP contribution is 2.28. The van der Waals surface area contributed by atoms with Crippen LogP contribution in [0.4, 0.5) is 0 Å². The number of para-hydroxylation sites is 1. The molecule has 3 rings (SSSR count). The van der Waals surface area contributed by atoms with E-state index in [0.29, 0.717) is 6.54 Å². The number of amides is 1. The fourth-order valence-corrected chi connectivity index (χ4v) is 5.19. The molecule has 0 aromatic heterocycles. The first-order chi connectivity index (χ1) is 11.0. The Bertz CT molecular complexity index is 640. The molecule has 0 radical (unpaired) electrons.